The Labute approximate surface area is 194 Å². The molecule has 166 valence electrons. The molecule has 0 fully saturated rings. The van der Waals surface area contributed by atoms with Gasteiger partial charge >= 0.3 is 0 Å². The van der Waals surface area contributed by atoms with Crippen LogP contribution in [0.25, 0.3) is 22.6 Å². The predicted octanol–water partition coefficient (Wildman–Crippen LogP) is 5.46. The van der Waals surface area contributed by atoms with E-state index in [2.05, 4.69) is 15.6 Å². The number of hydrogen-bond donors (Lipinski definition) is 2. The zero-order chi connectivity index (χ0) is 23.7. The number of amides is 1. The molecule has 0 radical (unpaired) electrons. The number of benzene rings is 3. The Kier molecular flexibility index (Phi) is 5.99. The van der Waals surface area contributed by atoms with Gasteiger partial charge in [-0.3, -0.25) is 20.2 Å². The number of halogens is 3. The van der Waals surface area contributed by atoms with Gasteiger partial charge in [0.25, 0.3) is 11.6 Å². The summed E-state index contributed by atoms with van der Waals surface area (Å²) in [5.74, 6) is -2.82. The maximum absolute atomic E-state index is 13.6. The van der Waals surface area contributed by atoms with Gasteiger partial charge < -0.3 is 9.73 Å². The maximum Gasteiger partial charge on any atom is 0.270 e. The lowest BCUT2D eigenvalue weighted by Crippen LogP contribution is -2.34. The van der Waals surface area contributed by atoms with Crippen molar-refractivity contribution < 1.29 is 22.9 Å². The number of aromatic nitrogens is 1. The van der Waals surface area contributed by atoms with Gasteiger partial charge in [-0.05, 0) is 48.6 Å². The second kappa shape index (κ2) is 8.88. The van der Waals surface area contributed by atoms with Gasteiger partial charge in [-0.25, -0.2) is 13.8 Å². The van der Waals surface area contributed by atoms with E-state index in [0.29, 0.717) is 16.8 Å². The molecule has 4 aromatic rings. The Morgan fingerprint density at radius 2 is 1.88 bits per heavy atom. The minimum absolute atomic E-state index is 0.00685. The van der Waals surface area contributed by atoms with Crippen LogP contribution in [0.15, 0.2) is 59.0 Å². The number of nitrogens with one attached hydrogen (secondary N) is 2. The standard InChI is InChI=1S/C21H11ClF2N4O4S/c22-14-9-16(24)15(23)8-13(14)20-26-17-7-11(4-5-18(17)32-20)25-21(33)27-19(29)10-2-1-3-12(6-10)28(30)31/h1-9H,(H2,25,27,29,33). The molecule has 4 rings (SSSR count). The highest BCUT2D eigenvalue weighted by Crippen LogP contribution is 2.32. The molecule has 0 aliphatic rings. The highest BCUT2D eigenvalue weighted by atomic mass is 35.5. The summed E-state index contributed by atoms with van der Waals surface area (Å²) in [4.78, 5) is 26.8. The van der Waals surface area contributed by atoms with E-state index in [1.165, 1.54) is 18.2 Å². The number of thiocarbonyl (C=S) groups is 1. The number of oxazole rings is 1. The van der Waals surface area contributed by atoms with Gasteiger partial charge in [0, 0.05) is 23.4 Å². The van der Waals surface area contributed by atoms with Crippen LogP contribution in [-0.4, -0.2) is 20.9 Å². The van der Waals surface area contributed by atoms with E-state index in [4.69, 9.17) is 28.2 Å². The fraction of sp³-hybridized carbons (Fsp3) is 0. The minimum atomic E-state index is -1.09. The first-order chi connectivity index (χ1) is 15.7. The molecule has 0 saturated heterocycles. The Hall–Kier alpha value is -3.96. The smallest absolute Gasteiger partial charge is 0.270 e. The van der Waals surface area contributed by atoms with Crippen LogP contribution in [0, 0.1) is 21.7 Å². The minimum Gasteiger partial charge on any atom is -0.436 e. The molecular weight excluding hydrogens is 478 g/mol. The lowest BCUT2D eigenvalue weighted by Gasteiger charge is -2.09. The molecule has 0 saturated carbocycles. The SMILES string of the molecule is O=C(NC(=S)Nc1ccc2oc(-c3cc(F)c(F)cc3Cl)nc2c1)c1cccc([N+](=O)[O-])c1. The van der Waals surface area contributed by atoms with Crippen molar-refractivity contribution in [1.82, 2.24) is 10.3 Å². The molecular formula is C21H11ClF2N4O4S. The Morgan fingerprint density at radius 1 is 1.12 bits per heavy atom. The van der Waals surface area contributed by atoms with E-state index in [0.717, 1.165) is 18.2 Å². The van der Waals surface area contributed by atoms with E-state index in [1.54, 1.807) is 18.2 Å². The highest BCUT2D eigenvalue weighted by Gasteiger charge is 2.17. The molecule has 3 aromatic carbocycles. The zero-order valence-electron chi connectivity index (χ0n) is 16.3. The predicted molar refractivity (Wildman–Crippen MR) is 121 cm³/mol. The highest BCUT2D eigenvalue weighted by molar-refractivity contribution is 7.80. The molecule has 33 heavy (non-hydrogen) atoms. The van der Waals surface area contributed by atoms with Crippen LogP contribution in [0.3, 0.4) is 0 Å². The molecule has 0 spiro atoms. The van der Waals surface area contributed by atoms with Crippen LogP contribution in [0.4, 0.5) is 20.2 Å². The second-order valence-corrected chi connectivity index (χ2v) is 7.48. The summed E-state index contributed by atoms with van der Waals surface area (Å²) in [7, 11) is 0. The van der Waals surface area contributed by atoms with E-state index in [9.17, 15) is 23.7 Å². The van der Waals surface area contributed by atoms with Gasteiger partial charge in [-0.2, -0.15) is 0 Å². The van der Waals surface area contributed by atoms with E-state index < -0.39 is 22.5 Å². The van der Waals surface area contributed by atoms with E-state index >= 15 is 0 Å². The summed E-state index contributed by atoms with van der Waals surface area (Å²) in [5.41, 5.74) is 1.08. The third kappa shape index (κ3) is 4.78. The van der Waals surface area contributed by atoms with Crippen LogP contribution >= 0.6 is 23.8 Å². The molecule has 0 bridgehead atoms. The fourth-order valence-electron chi connectivity index (χ4n) is 2.91. The third-order valence-corrected chi connectivity index (χ3v) is 4.95. The number of rotatable bonds is 4. The normalized spacial score (nSPS) is 10.8. The van der Waals surface area contributed by atoms with Gasteiger partial charge in [0.15, 0.2) is 22.3 Å². The number of hydrogen-bond acceptors (Lipinski definition) is 6. The van der Waals surface area contributed by atoms with Crippen molar-refractivity contribution in [3.05, 3.63) is 86.9 Å². The van der Waals surface area contributed by atoms with Crippen molar-refractivity contribution in [2.75, 3.05) is 5.32 Å². The molecule has 2 N–H and O–H groups in total. The summed E-state index contributed by atoms with van der Waals surface area (Å²) in [6, 6.07) is 11.6. The quantitative estimate of drug-likeness (QED) is 0.170. The summed E-state index contributed by atoms with van der Waals surface area (Å²) in [6.07, 6.45) is 0. The third-order valence-electron chi connectivity index (χ3n) is 4.43. The van der Waals surface area contributed by atoms with Crippen molar-refractivity contribution in [3.63, 3.8) is 0 Å². The molecule has 0 aliphatic carbocycles. The summed E-state index contributed by atoms with van der Waals surface area (Å²) in [5, 5.41) is 16.0. The first-order valence-corrected chi connectivity index (χ1v) is 9.92. The molecule has 0 atom stereocenters. The molecule has 1 amide bonds. The monoisotopic (exact) mass is 488 g/mol. The zero-order valence-corrected chi connectivity index (χ0v) is 17.8. The Balaban J connectivity index is 1.51. The number of nitro benzene ring substituents is 1. The Bertz CT molecular complexity index is 1440. The number of carbonyl (C=O) groups is 1. The number of anilines is 1. The average Bonchev–Trinajstić information content (AvgIpc) is 3.19. The van der Waals surface area contributed by atoms with Crippen LogP contribution in [0.2, 0.25) is 5.02 Å². The van der Waals surface area contributed by atoms with Gasteiger partial charge in [0.05, 0.1) is 15.5 Å². The summed E-state index contributed by atoms with van der Waals surface area (Å²) in [6.45, 7) is 0. The van der Waals surface area contributed by atoms with Crippen LogP contribution < -0.4 is 10.6 Å². The van der Waals surface area contributed by atoms with Crippen molar-refractivity contribution in [1.29, 1.82) is 0 Å². The maximum atomic E-state index is 13.6. The summed E-state index contributed by atoms with van der Waals surface area (Å²) >= 11 is 11.1. The number of non-ortho nitro benzene ring substituents is 1. The van der Waals surface area contributed by atoms with E-state index in [-0.39, 0.29) is 32.8 Å². The molecule has 8 nitrogen and oxygen atoms in total. The number of nitro groups is 1. The van der Waals surface area contributed by atoms with Crippen LogP contribution in [0.5, 0.6) is 0 Å². The Morgan fingerprint density at radius 3 is 2.64 bits per heavy atom. The lowest BCUT2D eigenvalue weighted by atomic mass is 10.2. The summed E-state index contributed by atoms with van der Waals surface area (Å²) < 4.78 is 32.5. The van der Waals surface area contributed by atoms with Crippen molar-refractivity contribution >= 4 is 57.3 Å². The molecule has 1 aromatic heterocycles. The number of nitrogens with zero attached hydrogens (tertiary/aromatic N) is 2. The van der Waals surface area contributed by atoms with Crippen LogP contribution in [-0.2, 0) is 0 Å². The van der Waals surface area contributed by atoms with Crippen molar-refractivity contribution in [3.8, 4) is 11.5 Å². The van der Waals surface area contributed by atoms with E-state index in [1.807, 2.05) is 0 Å². The van der Waals surface area contributed by atoms with Crippen LogP contribution in [0.1, 0.15) is 10.4 Å². The van der Waals surface area contributed by atoms with Gasteiger partial charge in [0.2, 0.25) is 5.89 Å². The first kappa shape index (κ1) is 22.2. The molecule has 0 unspecified atom stereocenters. The fourth-order valence-corrected chi connectivity index (χ4v) is 3.35. The average molecular weight is 489 g/mol. The lowest BCUT2D eigenvalue weighted by molar-refractivity contribution is -0.384. The van der Waals surface area contributed by atoms with Gasteiger partial charge in [-0.1, -0.05) is 17.7 Å². The first-order valence-electron chi connectivity index (χ1n) is 9.13. The molecule has 1 heterocycles. The van der Waals surface area contributed by atoms with Gasteiger partial charge in [0.1, 0.15) is 5.52 Å². The topological polar surface area (TPSA) is 110 Å². The molecule has 12 heteroatoms. The second-order valence-electron chi connectivity index (χ2n) is 6.66. The van der Waals surface area contributed by atoms with Crippen molar-refractivity contribution in [2.24, 2.45) is 0 Å². The number of carbonyl (C=O) groups excluding carboxylic acids is 1. The van der Waals surface area contributed by atoms with Crippen molar-refractivity contribution in [2.45, 2.75) is 0 Å². The number of fused-ring (bicyclic) bond motifs is 1. The molecule has 0 aliphatic heterocycles. The van der Waals surface area contributed by atoms with Gasteiger partial charge in [-0.15, -0.1) is 0 Å². The largest absolute Gasteiger partial charge is 0.436 e.